The van der Waals surface area contributed by atoms with Crippen LogP contribution >= 0.6 is 0 Å². The molecule has 3 rings (SSSR count). The van der Waals surface area contributed by atoms with Gasteiger partial charge < -0.3 is 10.2 Å². The number of nitro groups is 1. The number of piperazine rings is 1. The van der Waals surface area contributed by atoms with Crippen molar-refractivity contribution in [1.29, 1.82) is 0 Å². The van der Waals surface area contributed by atoms with Gasteiger partial charge in [0.1, 0.15) is 11.4 Å². The van der Waals surface area contributed by atoms with Crippen molar-refractivity contribution < 1.29 is 14.1 Å². The van der Waals surface area contributed by atoms with Gasteiger partial charge in [0.15, 0.2) is 0 Å². The Hall–Kier alpha value is -3.00. The third-order valence-electron chi connectivity index (χ3n) is 4.62. The smallest absolute Gasteiger partial charge is 0.282 e. The number of amides is 1. The third-order valence-corrected chi connectivity index (χ3v) is 4.62. The minimum Gasteiger partial charge on any atom is -0.367 e. The van der Waals surface area contributed by atoms with Crippen LogP contribution in [0.25, 0.3) is 0 Å². The summed E-state index contributed by atoms with van der Waals surface area (Å²) in [4.78, 5) is 26.8. The highest BCUT2D eigenvalue weighted by molar-refractivity contribution is 5.98. The Morgan fingerprint density at radius 2 is 1.74 bits per heavy atom. The zero-order chi connectivity index (χ0) is 19.2. The van der Waals surface area contributed by atoms with Gasteiger partial charge in [0, 0.05) is 45.3 Å². The molecule has 7 nitrogen and oxygen atoms in total. The maximum Gasteiger partial charge on any atom is 0.282 e. The van der Waals surface area contributed by atoms with Gasteiger partial charge in [0.25, 0.3) is 11.6 Å². The average Bonchev–Trinajstić information content (AvgIpc) is 2.69. The lowest BCUT2D eigenvalue weighted by Crippen LogP contribution is -2.48. The molecule has 1 amide bonds. The highest BCUT2D eigenvalue weighted by Gasteiger charge is 2.21. The number of nitrogens with zero attached hydrogens (tertiary/aromatic N) is 3. The lowest BCUT2D eigenvalue weighted by atomic mass is 10.1. The van der Waals surface area contributed by atoms with Crippen molar-refractivity contribution in [2.75, 3.05) is 44.2 Å². The van der Waals surface area contributed by atoms with Crippen molar-refractivity contribution >= 4 is 17.3 Å². The molecule has 1 aliphatic rings. The molecule has 0 aromatic heterocycles. The van der Waals surface area contributed by atoms with Crippen LogP contribution in [0, 0.1) is 15.9 Å². The number of nitro benzene ring substituents is 1. The summed E-state index contributed by atoms with van der Waals surface area (Å²) in [7, 11) is 0. The van der Waals surface area contributed by atoms with Gasteiger partial charge >= 0.3 is 0 Å². The molecule has 0 aliphatic carbocycles. The van der Waals surface area contributed by atoms with Crippen LogP contribution in [0.2, 0.25) is 0 Å². The van der Waals surface area contributed by atoms with Gasteiger partial charge in [-0.15, -0.1) is 0 Å². The number of anilines is 1. The van der Waals surface area contributed by atoms with Crippen molar-refractivity contribution in [1.82, 2.24) is 10.2 Å². The topological polar surface area (TPSA) is 78.7 Å². The summed E-state index contributed by atoms with van der Waals surface area (Å²) in [6, 6.07) is 12.6. The fraction of sp³-hybridized carbons (Fsp3) is 0.316. The number of hydrogen-bond acceptors (Lipinski definition) is 5. The number of halogens is 1. The molecule has 0 atom stereocenters. The SMILES string of the molecule is O=C(NCCN1CCN(c2ccccc2F)CC1)c1ccccc1[N+](=O)[O-]. The first-order valence-corrected chi connectivity index (χ1v) is 8.79. The lowest BCUT2D eigenvalue weighted by molar-refractivity contribution is -0.385. The Kier molecular flexibility index (Phi) is 5.97. The second-order valence-electron chi connectivity index (χ2n) is 6.31. The fourth-order valence-corrected chi connectivity index (χ4v) is 3.17. The van der Waals surface area contributed by atoms with E-state index < -0.39 is 10.8 Å². The van der Waals surface area contributed by atoms with Gasteiger partial charge in [-0.25, -0.2) is 4.39 Å². The number of rotatable bonds is 6. The fourth-order valence-electron chi connectivity index (χ4n) is 3.17. The molecule has 2 aromatic carbocycles. The van der Waals surface area contributed by atoms with Gasteiger partial charge in [0.2, 0.25) is 0 Å². The monoisotopic (exact) mass is 372 g/mol. The molecule has 27 heavy (non-hydrogen) atoms. The molecule has 0 unspecified atom stereocenters. The molecule has 0 spiro atoms. The summed E-state index contributed by atoms with van der Waals surface area (Å²) in [6.07, 6.45) is 0. The van der Waals surface area contributed by atoms with E-state index in [-0.39, 0.29) is 17.1 Å². The van der Waals surface area contributed by atoms with Crippen molar-refractivity contribution in [2.24, 2.45) is 0 Å². The summed E-state index contributed by atoms with van der Waals surface area (Å²) in [5, 5.41) is 13.7. The van der Waals surface area contributed by atoms with Crippen LogP contribution in [0.3, 0.4) is 0 Å². The van der Waals surface area contributed by atoms with E-state index in [2.05, 4.69) is 10.2 Å². The van der Waals surface area contributed by atoms with Gasteiger partial charge in [-0.3, -0.25) is 19.8 Å². The summed E-state index contributed by atoms with van der Waals surface area (Å²) >= 11 is 0. The quantitative estimate of drug-likeness (QED) is 0.622. The van der Waals surface area contributed by atoms with Crippen LogP contribution in [0.5, 0.6) is 0 Å². The second kappa shape index (κ2) is 8.59. The Bertz CT molecular complexity index is 822. The molecule has 1 fully saturated rings. The van der Waals surface area contributed by atoms with E-state index in [9.17, 15) is 19.3 Å². The standard InChI is InChI=1S/C19H21FN4O3/c20-16-6-2-4-8-18(16)23-13-11-22(12-14-23)10-9-21-19(25)15-5-1-3-7-17(15)24(26)27/h1-8H,9-14H2,(H,21,25). The molecule has 1 aliphatic heterocycles. The molecule has 0 radical (unpaired) electrons. The zero-order valence-corrected chi connectivity index (χ0v) is 14.8. The lowest BCUT2D eigenvalue weighted by Gasteiger charge is -2.36. The predicted octanol–water partition coefficient (Wildman–Crippen LogP) is 2.29. The number of carbonyl (C=O) groups excluding carboxylic acids is 1. The first kappa shape index (κ1) is 18.8. The highest BCUT2D eigenvalue weighted by atomic mass is 19.1. The van der Waals surface area contributed by atoms with Crippen molar-refractivity contribution in [2.45, 2.75) is 0 Å². The predicted molar refractivity (Wildman–Crippen MR) is 100 cm³/mol. The largest absolute Gasteiger partial charge is 0.367 e. The van der Waals surface area contributed by atoms with E-state index in [0.29, 0.717) is 31.9 Å². The molecule has 0 bridgehead atoms. The first-order chi connectivity index (χ1) is 13.1. The van der Waals surface area contributed by atoms with Crippen LogP contribution in [0.15, 0.2) is 48.5 Å². The average molecular weight is 372 g/mol. The Labute approximate surface area is 156 Å². The molecule has 2 aromatic rings. The van der Waals surface area contributed by atoms with E-state index in [1.807, 2.05) is 11.0 Å². The van der Waals surface area contributed by atoms with E-state index in [1.54, 1.807) is 18.2 Å². The number of benzene rings is 2. The van der Waals surface area contributed by atoms with Crippen LogP contribution in [-0.2, 0) is 0 Å². The third kappa shape index (κ3) is 4.59. The molecule has 1 N–H and O–H groups in total. The maximum atomic E-state index is 13.9. The Morgan fingerprint density at radius 1 is 1.07 bits per heavy atom. The number of carbonyl (C=O) groups is 1. The Morgan fingerprint density at radius 3 is 2.44 bits per heavy atom. The number of hydrogen-bond donors (Lipinski definition) is 1. The van der Waals surface area contributed by atoms with E-state index in [4.69, 9.17) is 0 Å². The van der Waals surface area contributed by atoms with E-state index in [1.165, 1.54) is 24.3 Å². The summed E-state index contributed by atoms with van der Waals surface area (Å²) in [5.74, 6) is -0.671. The first-order valence-electron chi connectivity index (χ1n) is 8.79. The summed E-state index contributed by atoms with van der Waals surface area (Å²) < 4.78 is 13.9. The van der Waals surface area contributed by atoms with Crippen LogP contribution in [-0.4, -0.2) is 55.0 Å². The van der Waals surface area contributed by atoms with Gasteiger partial charge in [-0.2, -0.15) is 0 Å². The molecular formula is C19H21FN4O3. The van der Waals surface area contributed by atoms with Gasteiger partial charge in [-0.05, 0) is 18.2 Å². The number of para-hydroxylation sites is 2. The van der Waals surface area contributed by atoms with Gasteiger partial charge in [0.05, 0.1) is 10.6 Å². The minimum absolute atomic E-state index is 0.0619. The molecule has 8 heteroatoms. The molecule has 1 saturated heterocycles. The highest BCUT2D eigenvalue weighted by Crippen LogP contribution is 2.20. The summed E-state index contributed by atoms with van der Waals surface area (Å²) in [6.45, 7) is 3.96. The molecule has 142 valence electrons. The maximum absolute atomic E-state index is 13.9. The van der Waals surface area contributed by atoms with Gasteiger partial charge in [-0.1, -0.05) is 24.3 Å². The Balaban J connectivity index is 1.46. The molecule has 0 saturated carbocycles. The summed E-state index contributed by atoms with van der Waals surface area (Å²) in [5.41, 5.74) is 0.474. The van der Waals surface area contributed by atoms with Crippen LogP contribution < -0.4 is 10.2 Å². The number of nitrogens with one attached hydrogen (secondary N) is 1. The molecular weight excluding hydrogens is 351 g/mol. The van der Waals surface area contributed by atoms with Crippen LogP contribution in [0.1, 0.15) is 10.4 Å². The van der Waals surface area contributed by atoms with E-state index in [0.717, 1.165) is 13.1 Å². The van der Waals surface area contributed by atoms with Crippen molar-refractivity contribution in [3.8, 4) is 0 Å². The van der Waals surface area contributed by atoms with Crippen molar-refractivity contribution in [3.63, 3.8) is 0 Å². The van der Waals surface area contributed by atoms with E-state index >= 15 is 0 Å². The molecule has 1 heterocycles. The van der Waals surface area contributed by atoms with Crippen LogP contribution in [0.4, 0.5) is 15.8 Å². The van der Waals surface area contributed by atoms with Crippen molar-refractivity contribution in [3.05, 3.63) is 70.0 Å². The second-order valence-corrected chi connectivity index (χ2v) is 6.31. The zero-order valence-electron chi connectivity index (χ0n) is 14.8. The minimum atomic E-state index is -0.559. The normalized spacial score (nSPS) is 14.8.